The van der Waals surface area contributed by atoms with Crippen molar-refractivity contribution in [3.8, 4) is 0 Å². The minimum atomic E-state index is -0.536. The van der Waals surface area contributed by atoms with Crippen LogP contribution in [-0.2, 0) is 16.0 Å². The molecule has 0 radical (unpaired) electrons. The fraction of sp³-hybridized carbons (Fsp3) is 0.619. The van der Waals surface area contributed by atoms with E-state index in [-0.39, 0.29) is 6.42 Å². The topological polar surface area (TPSA) is 43.4 Å². The van der Waals surface area contributed by atoms with Crippen molar-refractivity contribution in [2.45, 2.75) is 84.5 Å². The zero-order valence-corrected chi connectivity index (χ0v) is 15.3. The molecule has 0 heterocycles. The van der Waals surface area contributed by atoms with Gasteiger partial charge in [-0.3, -0.25) is 4.79 Å². The van der Waals surface area contributed by atoms with Crippen molar-refractivity contribution < 1.29 is 14.3 Å². The molecule has 0 aliphatic rings. The van der Waals surface area contributed by atoms with Crippen molar-refractivity contribution in [2.75, 3.05) is 0 Å². The molecule has 24 heavy (non-hydrogen) atoms. The number of rotatable bonds is 12. The van der Waals surface area contributed by atoms with E-state index < -0.39 is 11.9 Å². The van der Waals surface area contributed by atoms with Crippen molar-refractivity contribution in [1.82, 2.24) is 0 Å². The first kappa shape index (κ1) is 20.4. The third kappa shape index (κ3) is 8.85. The van der Waals surface area contributed by atoms with Crippen LogP contribution >= 0.6 is 0 Å². The van der Waals surface area contributed by atoms with E-state index in [0.717, 1.165) is 18.4 Å². The van der Waals surface area contributed by atoms with Crippen LogP contribution in [0.4, 0.5) is 0 Å². The maximum atomic E-state index is 11.9. The molecule has 0 saturated heterocycles. The Morgan fingerprint density at radius 1 is 0.875 bits per heavy atom. The molecule has 0 aliphatic carbocycles. The molecule has 0 spiro atoms. The number of aryl methyl sites for hydroxylation is 1. The van der Waals surface area contributed by atoms with Crippen LogP contribution in [-0.4, -0.2) is 11.9 Å². The second-order valence-corrected chi connectivity index (χ2v) is 6.44. The summed E-state index contributed by atoms with van der Waals surface area (Å²) in [4.78, 5) is 23.3. The van der Waals surface area contributed by atoms with Gasteiger partial charge in [0.15, 0.2) is 0 Å². The fourth-order valence-electron chi connectivity index (χ4n) is 2.73. The third-order valence-electron chi connectivity index (χ3n) is 4.14. The molecule has 0 bridgehead atoms. The van der Waals surface area contributed by atoms with Gasteiger partial charge in [-0.2, -0.15) is 0 Å². The highest BCUT2D eigenvalue weighted by Crippen LogP contribution is 2.13. The zero-order chi connectivity index (χ0) is 17.6. The maximum Gasteiger partial charge on any atom is 0.345 e. The highest BCUT2D eigenvalue weighted by molar-refractivity contribution is 5.96. The highest BCUT2D eigenvalue weighted by atomic mass is 16.6. The molecule has 1 rings (SSSR count). The lowest BCUT2D eigenvalue weighted by molar-refractivity contribution is -0.137. The number of unbranched alkanes of at least 4 members (excludes halogenated alkanes) is 7. The molecule has 0 unspecified atom stereocenters. The number of carbonyl (C=O) groups is 2. The zero-order valence-electron chi connectivity index (χ0n) is 15.3. The number of carbonyl (C=O) groups excluding carboxylic acids is 2. The summed E-state index contributed by atoms with van der Waals surface area (Å²) >= 11 is 0. The van der Waals surface area contributed by atoms with E-state index in [1.807, 2.05) is 25.1 Å². The Balaban J connectivity index is 2.29. The van der Waals surface area contributed by atoms with Crippen LogP contribution in [0, 0.1) is 0 Å². The van der Waals surface area contributed by atoms with Gasteiger partial charge >= 0.3 is 11.9 Å². The summed E-state index contributed by atoms with van der Waals surface area (Å²) in [6, 6.07) is 7.45. The fourth-order valence-corrected chi connectivity index (χ4v) is 2.73. The van der Waals surface area contributed by atoms with Gasteiger partial charge in [0.05, 0.1) is 5.56 Å². The lowest BCUT2D eigenvalue weighted by Crippen LogP contribution is -2.12. The van der Waals surface area contributed by atoms with Gasteiger partial charge in [-0.15, -0.1) is 0 Å². The smallest absolute Gasteiger partial charge is 0.345 e. The summed E-state index contributed by atoms with van der Waals surface area (Å²) in [5.74, 6) is -0.984. The van der Waals surface area contributed by atoms with E-state index in [0.29, 0.717) is 12.0 Å². The van der Waals surface area contributed by atoms with Crippen molar-refractivity contribution in [1.29, 1.82) is 0 Å². The molecular formula is C21H32O3. The summed E-state index contributed by atoms with van der Waals surface area (Å²) in [6.07, 6.45) is 12.3. The second-order valence-electron chi connectivity index (χ2n) is 6.44. The summed E-state index contributed by atoms with van der Waals surface area (Å²) in [6.45, 7) is 4.12. The Labute approximate surface area is 146 Å². The van der Waals surface area contributed by atoms with Crippen LogP contribution < -0.4 is 0 Å². The van der Waals surface area contributed by atoms with Crippen molar-refractivity contribution in [2.24, 2.45) is 0 Å². The molecular weight excluding hydrogens is 300 g/mol. The minimum Gasteiger partial charge on any atom is -0.389 e. The van der Waals surface area contributed by atoms with Crippen LogP contribution in [0.25, 0.3) is 0 Å². The average Bonchev–Trinajstić information content (AvgIpc) is 2.57. The molecule has 134 valence electrons. The summed E-state index contributed by atoms with van der Waals surface area (Å²) in [5.41, 5.74) is 1.61. The van der Waals surface area contributed by atoms with Gasteiger partial charge < -0.3 is 4.74 Å². The molecule has 1 aromatic rings. The van der Waals surface area contributed by atoms with E-state index in [1.165, 1.54) is 44.9 Å². The molecule has 3 nitrogen and oxygen atoms in total. The van der Waals surface area contributed by atoms with Crippen molar-refractivity contribution >= 4 is 11.9 Å². The highest BCUT2D eigenvalue weighted by Gasteiger charge is 2.12. The lowest BCUT2D eigenvalue weighted by Gasteiger charge is -2.06. The van der Waals surface area contributed by atoms with Gasteiger partial charge in [0.2, 0.25) is 0 Å². The van der Waals surface area contributed by atoms with Gasteiger partial charge in [-0.05, 0) is 37.0 Å². The van der Waals surface area contributed by atoms with Crippen molar-refractivity contribution in [3.05, 3.63) is 35.4 Å². The first-order valence-corrected chi connectivity index (χ1v) is 9.51. The Bertz CT molecular complexity index is 494. The Kier molecular flexibility index (Phi) is 10.8. The molecule has 1 aromatic carbocycles. The number of benzene rings is 1. The minimum absolute atomic E-state index is 0.281. The number of ether oxygens (including phenoxy) is 1. The van der Waals surface area contributed by atoms with Gasteiger partial charge in [0, 0.05) is 6.42 Å². The molecule has 0 aromatic heterocycles. The first-order valence-electron chi connectivity index (χ1n) is 9.51. The van der Waals surface area contributed by atoms with Crippen LogP contribution in [0.2, 0.25) is 0 Å². The van der Waals surface area contributed by atoms with Gasteiger partial charge in [0.25, 0.3) is 0 Å². The van der Waals surface area contributed by atoms with Gasteiger partial charge in [-0.1, -0.05) is 70.9 Å². The SMILES string of the molecule is CCCCCCCCCCc1cccc(C(=O)OC(=O)CCC)c1. The summed E-state index contributed by atoms with van der Waals surface area (Å²) in [7, 11) is 0. The molecule has 0 atom stereocenters. The van der Waals surface area contributed by atoms with E-state index in [2.05, 4.69) is 6.92 Å². The Hall–Kier alpha value is -1.64. The predicted octanol–water partition coefficient (Wildman–Crippen LogP) is 5.85. The molecule has 0 aliphatic heterocycles. The summed E-state index contributed by atoms with van der Waals surface area (Å²) < 4.78 is 4.84. The average molecular weight is 332 g/mol. The van der Waals surface area contributed by atoms with E-state index in [9.17, 15) is 9.59 Å². The molecule has 0 amide bonds. The normalized spacial score (nSPS) is 10.6. The van der Waals surface area contributed by atoms with Gasteiger partial charge in [-0.25, -0.2) is 4.79 Å². The third-order valence-corrected chi connectivity index (χ3v) is 4.14. The number of esters is 2. The number of hydrogen-bond donors (Lipinski definition) is 0. The first-order chi connectivity index (χ1) is 11.7. The quantitative estimate of drug-likeness (QED) is 0.274. The monoisotopic (exact) mass is 332 g/mol. The second kappa shape index (κ2) is 12.7. The molecule has 0 N–H and O–H groups in total. The van der Waals surface area contributed by atoms with E-state index in [1.54, 1.807) is 6.07 Å². The Morgan fingerprint density at radius 2 is 1.54 bits per heavy atom. The number of hydrogen-bond acceptors (Lipinski definition) is 3. The Morgan fingerprint density at radius 3 is 2.21 bits per heavy atom. The molecule has 0 fully saturated rings. The maximum absolute atomic E-state index is 11.9. The lowest BCUT2D eigenvalue weighted by atomic mass is 10.0. The predicted molar refractivity (Wildman–Crippen MR) is 98.1 cm³/mol. The van der Waals surface area contributed by atoms with Gasteiger partial charge in [0.1, 0.15) is 0 Å². The van der Waals surface area contributed by atoms with Crippen LogP contribution in [0.5, 0.6) is 0 Å². The molecule has 3 heteroatoms. The molecule has 0 saturated carbocycles. The van der Waals surface area contributed by atoms with E-state index in [4.69, 9.17) is 4.74 Å². The summed E-state index contributed by atoms with van der Waals surface area (Å²) in [5, 5.41) is 0. The van der Waals surface area contributed by atoms with Crippen LogP contribution in [0.3, 0.4) is 0 Å². The van der Waals surface area contributed by atoms with Crippen LogP contribution in [0.15, 0.2) is 24.3 Å². The standard InChI is InChI=1S/C21H32O3/c1-3-5-6-7-8-9-10-11-14-18-15-12-16-19(17-18)21(23)24-20(22)13-4-2/h12,15-17H,3-11,13-14H2,1-2H3. The largest absolute Gasteiger partial charge is 0.389 e. The van der Waals surface area contributed by atoms with Crippen LogP contribution in [0.1, 0.15) is 94.0 Å². The van der Waals surface area contributed by atoms with Crippen molar-refractivity contribution in [3.63, 3.8) is 0 Å². The van der Waals surface area contributed by atoms with E-state index >= 15 is 0 Å².